The number of nitrogens with zero attached hydrogens (tertiary/aromatic N) is 2. The van der Waals surface area contributed by atoms with E-state index < -0.39 is 22.5 Å². The third kappa shape index (κ3) is 5.98. The molecule has 0 atom stereocenters. The van der Waals surface area contributed by atoms with E-state index in [1.165, 1.54) is 22.8 Å². The van der Waals surface area contributed by atoms with E-state index in [4.69, 9.17) is 27.9 Å². The SMILES string of the molecule is CCCCOC(=O)CN(c1ccc2c(ccn2C(=O)c2ccccc2)c1)S(=O)(=O)c1cc(Cl)cc(Cl)c1. The quantitative estimate of drug-likeness (QED) is 0.181. The van der Waals surface area contributed by atoms with E-state index in [0.717, 1.165) is 10.7 Å². The summed E-state index contributed by atoms with van der Waals surface area (Å²) in [4.78, 5) is 25.4. The summed E-state index contributed by atoms with van der Waals surface area (Å²) in [6.07, 6.45) is 3.11. The van der Waals surface area contributed by atoms with E-state index in [1.807, 2.05) is 13.0 Å². The van der Waals surface area contributed by atoms with Crippen LogP contribution in [0, 0.1) is 0 Å². The number of unbranched alkanes of at least 4 members (excludes halogenated alkanes) is 1. The van der Waals surface area contributed by atoms with Gasteiger partial charge in [0.1, 0.15) is 6.54 Å². The monoisotopic (exact) mass is 558 g/mol. The molecule has 0 unspecified atom stereocenters. The van der Waals surface area contributed by atoms with Crippen molar-refractivity contribution in [2.75, 3.05) is 17.5 Å². The van der Waals surface area contributed by atoms with Gasteiger partial charge in [-0.05, 0) is 61.0 Å². The molecule has 0 saturated carbocycles. The smallest absolute Gasteiger partial charge is 0.326 e. The van der Waals surface area contributed by atoms with Gasteiger partial charge in [0.15, 0.2) is 0 Å². The number of esters is 1. The molecule has 0 amide bonds. The number of halogens is 2. The first kappa shape index (κ1) is 26.7. The first-order valence-electron chi connectivity index (χ1n) is 11.6. The van der Waals surface area contributed by atoms with Crippen LogP contribution in [0.4, 0.5) is 5.69 Å². The summed E-state index contributed by atoms with van der Waals surface area (Å²) < 4.78 is 35.0. The third-order valence-corrected chi connectivity index (χ3v) is 7.85. The molecule has 0 aliphatic rings. The summed E-state index contributed by atoms with van der Waals surface area (Å²) in [5.41, 5.74) is 1.33. The maximum absolute atomic E-state index is 13.7. The van der Waals surface area contributed by atoms with Gasteiger partial charge in [0, 0.05) is 27.2 Å². The summed E-state index contributed by atoms with van der Waals surface area (Å²) in [7, 11) is -4.26. The summed E-state index contributed by atoms with van der Waals surface area (Å²) in [5, 5.41) is 0.900. The number of rotatable bonds is 9. The zero-order chi connectivity index (χ0) is 26.6. The molecule has 0 fully saturated rings. The number of carbonyl (C=O) groups excluding carboxylic acids is 2. The van der Waals surface area contributed by atoms with Crippen LogP contribution in [-0.2, 0) is 19.6 Å². The Labute approximate surface area is 225 Å². The van der Waals surface area contributed by atoms with Crippen LogP contribution in [0.1, 0.15) is 30.1 Å². The second-order valence-corrected chi connectivity index (χ2v) is 11.0. The minimum atomic E-state index is -4.26. The van der Waals surface area contributed by atoms with Crippen LogP contribution < -0.4 is 4.31 Å². The molecule has 0 N–H and O–H groups in total. The highest BCUT2D eigenvalue weighted by atomic mass is 35.5. The first-order valence-corrected chi connectivity index (χ1v) is 13.8. The Morgan fingerprint density at radius 1 is 0.946 bits per heavy atom. The Morgan fingerprint density at radius 2 is 1.65 bits per heavy atom. The maximum Gasteiger partial charge on any atom is 0.326 e. The predicted octanol–water partition coefficient (Wildman–Crippen LogP) is 6.18. The number of benzene rings is 3. The van der Waals surface area contributed by atoms with Gasteiger partial charge in [-0.15, -0.1) is 0 Å². The molecule has 37 heavy (non-hydrogen) atoms. The molecule has 0 bridgehead atoms. The molecule has 192 valence electrons. The number of aromatic nitrogens is 1. The highest BCUT2D eigenvalue weighted by Gasteiger charge is 2.29. The van der Waals surface area contributed by atoms with Crippen molar-refractivity contribution < 1.29 is 22.7 Å². The van der Waals surface area contributed by atoms with Crippen molar-refractivity contribution in [2.45, 2.75) is 24.7 Å². The second kappa shape index (κ2) is 11.4. The number of fused-ring (bicyclic) bond motifs is 1. The van der Waals surface area contributed by atoms with Gasteiger partial charge < -0.3 is 4.74 Å². The van der Waals surface area contributed by atoms with Gasteiger partial charge in [0.2, 0.25) is 0 Å². The van der Waals surface area contributed by atoms with Crippen molar-refractivity contribution in [3.8, 4) is 0 Å². The van der Waals surface area contributed by atoms with Crippen LogP contribution in [0.5, 0.6) is 0 Å². The Bertz CT molecular complexity index is 1530. The molecule has 0 aliphatic heterocycles. The molecule has 10 heteroatoms. The average Bonchev–Trinajstić information content (AvgIpc) is 3.30. The van der Waals surface area contributed by atoms with E-state index in [1.54, 1.807) is 54.7 Å². The van der Waals surface area contributed by atoms with Crippen molar-refractivity contribution in [1.82, 2.24) is 4.57 Å². The lowest BCUT2D eigenvalue weighted by Gasteiger charge is -2.24. The number of sulfonamides is 1. The summed E-state index contributed by atoms with van der Waals surface area (Å²) in [6, 6.07) is 19.3. The highest BCUT2D eigenvalue weighted by molar-refractivity contribution is 7.92. The fourth-order valence-electron chi connectivity index (χ4n) is 3.79. The molecular weight excluding hydrogens is 535 g/mol. The molecule has 4 rings (SSSR count). The molecule has 3 aromatic carbocycles. The predicted molar refractivity (Wildman–Crippen MR) is 145 cm³/mol. The molecule has 0 aliphatic carbocycles. The molecule has 1 heterocycles. The summed E-state index contributed by atoms with van der Waals surface area (Å²) in [5.74, 6) is -0.914. The molecular formula is C27H24Cl2N2O5S. The number of hydrogen-bond acceptors (Lipinski definition) is 5. The number of anilines is 1. The average molecular weight is 559 g/mol. The van der Waals surface area contributed by atoms with Crippen LogP contribution in [0.2, 0.25) is 10.0 Å². The molecule has 1 aromatic heterocycles. The molecule has 0 spiro atoms. The van der Waals surface area contributed by atoms with E-state index in [2.05, 4.69) is 0 Å². The number of carbonyl (C=O) groups is 2. The van der Waals surface area contributed by atoms with Gasteiger partial charge in [-0.3, -0.25) is 18.5 Å². The lowest BCUT2D eigenvalue weighted by atomic mass is 10.2. The Morgan fingerprint density at radius 3 is 2.32 bits per heavy atom. The van der Waals surface area contributed by atoms with E-state index >= 15 is 0 Å². The van der Waals surface area contributed by atoms with E-state index in [0.29, 0.717) is 22.9 Å². The second-order valence-electron chi connectivity index (χ2n) is 8.29. The fourth-order valence-corrected chi connectivity index (χ4v) is 5.92. The summed E-state index contributed by atoms with van der Waals surface area (Å²) >= 11 is 12.1. The zero-order valence-corrected chi connectivity index (χ0v) is 22.3. The summed E-state index contributed by atoms with van der Waals surface area (Å²) in [6.45, 7) is 1.60. The Hall–Kier alpha value is -3.33. The third-order valence-electron chi connectivity index (χ3n) is 5.66. The van der Waals surface area contributed by atoms with Crippen molar-refractivity contribution in [3.63, 3.8) is 0 Å². The molecule has 4 aromatic rings. The molecule has 0 saturated heterocycles. The zero-order valence-electron chi connectivity index (χ0n) is 19.9. The largest absolute Gasteiger partial charge is 0.464 e. The van der Waals surface area contributed by atoms with E-state index in [9.17, 15) is 18.0 Å². The first-order chi connectivity index (χ1) is 17.7. The topological polar surface area (TPSA) is 85.7 Å². The van der Waals surface area contributed by atoms with Gasteiger partial charge in [-0.25, -0.2) is 8.42 Å². The molecule has 0 radical (unpaired) electrons. The normalized spacial score (nSPS) is 11.4. The Kier molecular flexibility index (Phi) is 8.22. The lowest BCUT2D eigenvalue weighted by Crippen LogP contribution is -2.36. The van der Waals surface area contributed by atoms with Crippen LogP contribution in [-0.4, -0.2) is 38.0 Å². The van der Waals surface area contributed by atoms with E-state index in [-0.39, 0.29) is 33.1 Å². The van der Waals surface area contributed by atoms with Gasteiger partial charge in [-0.2, -0.15) is 0 Å². The minimum absolute atomic E-state index is 0.142. The van der Waals surface area contributed by atoms with Crippen LogP contribution in [0.25, 0.3) is 10.9 Å². The Balaban J connectivity index is 1.74. The standard InChI is InChI=1S/C27H24Cl2N2O5S/c1-2-3-13-36-26(32)18-31(37(34,35)24-16-21(28)15-22(29)17-24)23-9-10-25-20(14-23)11-12-30(25)27(33)19-7-5-4-6-8-19/h4-12,14-17H,2-3,13,18H2,1H3. The van der Waals surface area contributed by atoms with Crippen LogP contribution >= 0.6 is 23.2 Å². The number of hydrogen-bond donors (Lipinski definition) is 0. The van der Waals surface area contributed by atoms with Crippen LogP contribution in [0.15, 0.2) is 83.9 Å². The number of ether oxygens (including phenoxy) is 1. The van der Waals surface area contributed by atoms with Gasteiger partial charge in [0.25, 0.3) is 15.9 Å². The maximum atomic E-state index is 13.7. The van der Waals surface area contributed by atoms with Gasteiger partial charge in [0.05, 0.1) is 22.7 Å². The fraction of sp³-hybridized carbons (Fsp3) is 0.185. The van der Waals surface area contributed by atoms with Crippen LogP contribution in [0.3, 0.4) is 0 Å². The van der Waals surface area contributed by atoms with Crippen molar-refractivity contribution in [3.05, 3.63) is 94.6 Å². The van der Waals surface area contributed by atoms with Gasteiger partial charge >= 0.3 is 5.97 Å². The van der Waals surface area contributed by atoms with Gasteiger partial charge in [-0.1, -0.05) is 54.7 Å². The minimum Gasteiger partial charge on any atom is -0.464 e. The van der Waals surface area contributed by atoms with Crippen molar-refractivity contribution in [2.24, 2.45) is 0 Å². The highest BCUT2D eigenvalue weighted by Crippen LogP contribution is 2.31. The lowest BCUT2D eigenvalue weighted by molar-refractivity contribution is -0.141. The van der Waals surface area contributed by atoms with Crippen molar-refractivity contribution >= 4 is 61.7 Å². The molecule has 7 nitrogen and oxygen atoms in total. The van der Waals surface area contributed by atoms with Crippen molar-refractivity contribution in [1.29, 1.82) is 0 Å².